The summed E-state index contributed by atoms with van der Waals surface area (Å²) in [5, 5.41) is 0.119. The Morgan fingerprint density at radius 2 is 2.10 bits per heavy atom. The van der Waals surface area contributed by atoms with Gasteiger partial charge in [0.05, 0.1) is 16.8 Å². The highest BCUT2D eigenvalue weighted by atomic mass is 35.5. The van der Waals surface area contributed by atoms with Crippen LogP contribution in [0.5, 0.6) is 0 Å². The fourth-order valence-corrected chi connectivity index (χ4v) is 4.30. The molecule has 0 radical (unpaired) electrons. The van der Waals surface area contributed by atoms with Crippen molar-refractivity contribution in [3.63, 3.8) is 0 Å². The summed E-state index contributed by atoms with van der Waals surface area (Å²) in [5.41, 5.74) is 1.83. The fourth-order valence-electron chi connectivity index (χ4n) is 2.67. The summed E-state index contributed by atoms with van der Waals surface area (Å²) in [6.45, 7) is 0. The van der Waals surface area contributed by atoms with E-state index in [1.54, 1.807) is 30.0 Å². The summed E-state index contributed by atoms with van der Waals surface area (Å²) in [4.78, 5) is 4.43. The maximum Gasteiger partial charge on any atom is 0.130 e. The van der Waals surface area contributed by atoms with Gasteiger partial charge in [-0.1, -0.05) is 17.7 Å². The number of halogens is 3. The number of imidazole rings is 1. The summed E-state index contributed by atoms with van der Waals surface area (Å²) >= 11 is 7.73. The normalized spacial score (nSPS) is 17.4. The molecule has 2 nitrogen and oxygen atoms in total. The van der Waals surface area contributed by atoms with Gasteiger partial charge in [-0.3, -0.25) is 0 Å². The van der Waals surface area contributed by atoms with Gasteiger partial charge < -0.3 is 4.57 Å². The van der Waals surface area contributed by atoms with E-state index in [1.165, 1.54) is 18.2 Å². The Morgan fingerprint density at radius 1 is 1.24 bits per heavy atom. The highest BCUT2D eigenvalue weighted by Crippen LogP contribution is 2.45. The van der Waals surface area contributed by atoms with Crippen LogP contribution in [0.25, 0.3) is 11.0 Å². The quantitative estimate of drug-likeness (QED) is 0.642. The van der Waals surface area contributed by atoms with Crippen LogP contribution in [0.4, 0.5) is 8.78 Å². The molecule has 21 heavy (non-hydrogen) atoms. The van der Waals surface area contributed by atoms with Crippen molar-refractivity contribution in [2.24, 2.45) is 0 Å². The average molecular weight is 323 g/mol. The minimum absolute atomic E-state index is 0.274. The molecule has 2 heterocycles. The average Bonchev–Trinajstić information content (AvgIpc) is 2.97. The molecule has 0 amide bonds. The lowest BCUT2D eigenvalue weighted by Gasteiger charge is -2.16. The molecule has 3 aromatic rings. The van der Waals surface area contributed by atoms with Crippen LogP contribution in [0.15, 0.2) is 36.4 Å². The molecular formula is C15H9ClF2N2S. The molecular weight excluding hydrogens is 314 g/mol. The maximum absolute atomic E-state index is 14.2. The molecule has 106 valence electrons. The second kappa shape index (κ2) is 4.71. The summed E-state index contributed by atoms with van der Waals surface area (Å²) in [6, 6.07) is 9.12. The van der Waals surface area contributed by atoms with E-state index in [0.29, 0.717) is 21.9 Å². The first-order valence-corrected chi connectivity index (χ1v) is 7.79. The van der Waals surface area contributed by atoms with Crippen molar-refractivity contribution in [3.05, 3.63) is 64.4 Å². The minimum Gasteiger partial charge on any atom is -0.310 e. The molecule has 0 saturated heterocycles. The predicted molar refractivity (Wildman–Crippen MR) is 80.5 cm³/mol. The molecule has 0 spiro atoms. The van der Waals surface area contributed by atoms with E-state index in [0.717, 1.165) is 11.3 Å². The van der Waals surface area contributed by atoms with Crippen LogP contribution >= 0.6 is 23.4 Å². The number of nitrogens with zero attached hydrogens (tertiary/aromatic N) is 2. The van der Waals surface area contributed by atoms with Gasteiger partial charge in [0.2, 0.25) is 0 Å². The topological polar surface area (TPSA) is 17.8 Å². The van der Waals surface area contributed by atoms with E-state index in [4.69, 9.17) is 11.6 Å². The number of hydrogen-bond donors (Lipinski definition) is 0. The molecule has 1 aromatic heterocycles. The molecule has 1 atom stereocenters. The van der Waals surface area contributed by atoms with E-state index in [-0.39, 0.29) is 17.0 Å². The zero-order valence-corrected chi connectivity index (χ0v) is 12.3. The van der Waals surface area contributed by atoms with E-state index < -0.39 is 0 Å². The van der Waals surface area contributed by atoms with Crippen molar-refractivity contribution < 1.29 is 8.78 Å². The van der Waals surface area contributed by atoms with Crippen molar-refractivity contribution >= 4 is 34.4 Å². The SMILES string of the molecule is Fc1ccc2c(c1)nc1n2C(c2c(F)cccc2Cl)SC1. The monoisotopic (exact) mass is 322 g/mol. The van der Waals surface area contributed by atoms with Crippen LogP contribution in [0.2, 0.25) is 5.02 Å². The maximum atomic E-state index is 14.2. The molecule has 1 aliphatic rings. The van der Waals surface area contributed by atoms with Crippen LogP contribution in [0.1, 0.15) is 16.8 Å². The lowest BCUT2D eigenvalue weighted by molar-refractivity contribution is 0.599. The summed E-state index contributed by atoms with van der Waals surface area (Å²) in [7, 11) is 0. The lowest BCUT2D eigenvalue weighted by Crippen LogP contribution is -2.06. The summed E-state index contributed by atoms with van der Waals surface area (Å²) < 4.78 is 29.4. The first-order chi connectivity index (χ1) is 10.1. The van der Waals surface area contributed by atoms with Gasteiger partial charge in [0.25, 0.3) is 0 Å². The third-order valence-electron chi connectivity index (χ3n) is 3.58. The van der Waals surface area contributed by atoms with Crippen LogP contribution in [0, 0.1) is 11.6 Å². The number of fused-ring (bicyclic) bond motifs is 3. The Kier molecular flexibility index (Phi) is 2.94. The molecule has 0 aliphatic carbocycles. The smallest absolute Gasteiger partial charge is 0.130 e. The molecule has 2 aromatic carbocycles. The van der Waals surface area contributed by atoms with Crippen LogP contribution in [-0.4, -0.2) is 9.55 Å². The van der Waals surface area contributed by atoms with E-state index in [1.807, 2.05) is 4.57 Å². The predicted octanol–water partition coefficient (Wildman–Crippen LogP) is 4.76. The minimum atomic E-state index is -0.336. The lowest BCUT2D eigenvalue weighted by atomic mass is 10.2. The van der Waals surface area contributed by atoms with Gasteiger partial charge >= 0.3 is 0 Å². The van der Waals surface area contributed by atoms with Gasteiger partial charge in [-0.25, -0.2) is 13.8 Å². The number of aromatic nitrogens is 2. The summed E-state index contributed by atoms with van der Waals surface area (Å²) in [5.74, 6) is 0.792. The van der Waals surface area contributed by atoms with Gasteiger partial charge in [0.15, 0.2) is 0 Å². The second-order valence-electron chi connectivity index (χ2n) is 4.83. The largest absolute Gasteiger partial charge is 0.310 e. The van der Waals surface area contributed by atoms with E-state index in [9.17, 15) is 8.78 Å². The van der Waals surface area contributed by atoms with Crippen LogP contribution in [0.3, 0.4) is 0 Å². The molecule has 0 saturated carbocycles. The zero-order chi connectivity index (χ0) is 14.6. The van der Waals surface area contributed by atoms with Crippen LogP contribution < -0.4 is 0 Å². The number of benzene rings is 2. The molecule has 0 N–H and O–H groups in total. The fraction of sp³-hybridized carbons (Fsp3) is 0.133. The Bertz CT molecular complexity index is 842. The third-order valence-corrected chi connectivity index (χ3v) is 5.09. The Hall–Kier alpha value is -1.59. The molecule has 0 bridgehead atoms. The first-order valence-electron chi connectivity index (χ1n) is 6.37. The molecule has 6 heteroatoms. The zero-order valence-electron chi connectivity index (χ0n) is 10.7. The van der Waals surface area contributed by atoms with Crippen molar-refractivity contribution in [2.45, 2.75) is 11.1 Å². The number of rotatable bonds is 1. The van der Waals surface area contributed by atoms with Crippen molar-refractivity contribution in [1.29, 1.82) is 0 Å². The molecule has 1 unspecified atom stereocenters. The summed E-state index contributed by atoms with van der Waals surface area (Å²) in [6.07, 6.45) is 0. The highest BCUT2D eigenvalue weighted by Gasteiger charge is 2.31. The molecule has 4 rings (SSSR count). The number of hydrogen-bond acceptors (Lipinski definition) is 2. The molecule has 1 aliphatic heterocycles. The highest BCUT2D eigenvalue weighted by molar-refractivity contribution is 7.99. The van der Waals surface area contributed by atoms with Crippen molar-refractivity contribution in [2.75, 3.05) is 0 Å². The number of thioether (sulfide) groups is 1. The standard InChI is InChI=1S/C15H9ClF2N2S/c16-9-2-1-3-10(18)14(9)15-20-12-5-4-8(17)6-11(12)19-13(20)7-21-15/h1-6,15H,7H2. The second-order valence-corrected chi connectivity index (χ2v) is 6.31. The Balaban J connectivity index is 1.95. The first kappa shape index (κ1) is 13.1. The Morgan fingerprint density at radius 3 is 2.90 bits per heavy atom. The van der Waals surface area contributed by atoms with Gasteiger partial charge in [0.1, 0.15) is 22.8 Å². The van der Waals surface area contributed by atoms with Gasteiger partial charge in [-0.2, -0.15) is 0 Å². The van der Waals surface area contributed by atoms with E-state index >= 15 is 0 Å². The van der Waals surface area contributed by atoms with Gasteiger partial charge in [-0.05, 0) is 24.3 Å². The Labute approximate surface area is 128 Å². The van der Waals surface area contributed by atoms with Gasteiger partial charge in [-0.15, -0.1) is 11.8 Å². The molecule has 0 fully saturated rings. The van der Waals surface area contributed by atoms with Crippen molar-refractivity contribution in [1.82, 2.24) is 9.55 Å². The van der Waals surface area contributed by atoms with Crippen LogP contribution in [-0.2, 0) is 5.75 Å². The third kappa shape index (κ3) is 1.95. The van der Waals surface area contributed by atoms with Gasteiger partial charge in [0, 0.05) is 16.7 Å². The van der Waals surface area contributed by atoms with Crippen molar-refractivity contribution in [3.8, 4) is 0 Å². The van der Waals surface area contributed by atoms with E-state index in [2.05, 4.69) is 4.98 Å².